The topological polar surface area (TPSA) is 20.2 Å². The van der Waals surface area contributed by atoms with E-state index in [0.717, 1.165) is 19.3 Å². The van der Waals surface area contributed by atoms with E-state index < -0.39 is 0 Å². The molecule has 0 radical (unpaired) electrons. The average molecular weight is 166 g/mol. The molecule has 1 saturated carbocycles. The third-order valence-electron chi connectivity index (χ3n) is 2.83. The molecule has 12 heavy (non-hydrogen) atoms. The van der Waals surface area contributed by atoms with Gasteiger partial charge in [-0.25, -0.2) is 0 Å². The first kappa shape index (κ1) is 9.53. The van der Waals surface area contributed by atoms with Gasteiger partial charge in [-0.05, 0) is 25.7 Å². The number of allylic oxidation sites excluding steroid dienone is 1. The van der Waals surface area contributed by atoms with Crippen LogP contribution in [0.1, 0.15) is 26.2 Å². The molecule has 1 aliphatic carbocycles. The van der Waals surface area contributed by atoms with Crippen LogP contribution in [0.25, 0.3) is 0 Å². The van der Waals surface area contributed by atoms with Gasteiger partial charge < -0.3 is 5.11 Å². The van der Waals surface area contributed by atoms with Crippen molar-refractivity contribution in [2.45, 2.75) is 32.3 Å². The maximum Gasteiger partial charge on any atom is 0.0608 e. The third kappa shape index (κ3) is 1.78. The highest BCUT2D eigenvalue weighted by Crippen LogP contribution is 2.34. The second-order valence-electron chi connectivity index (χ2n) is 3.76. The minimum absolute atomic E-state index is 0.196. The molecule has 0 aromatic heterocycles. The van der Waals surface area contributed by atoms with Crippen molar-refractivity contribution >= 4 is 0 Å². The minimum Gasteiger partial charge on any atom is -0.392 e. The van der Waals surface area contributed by atoms with E-state index in [1.165, 1.54) is 5.57 Å². The fourth-order valence-electron chi connectivity index (χ4n) is 2.10. The Hall–Kier alpha value is -0.560. The lowest BCUT2D eigenvalue weighted by atomic mass is 9.74. The first-order valence-electron chi connectivity index (χ1n) is 4.63. The van der Waals surface area contributed by atoms with Crippen molar-refractivity contribution in [3.05, 3.63) is 24.8 Å². The van der Waals surface area contributed by atoms with E-state index in [1.54, 1.807) is 0 Å². The Morgan fingerprint density at radius 3 is 2.58 bits per heavy atom. The average Bonchev–Trinajstić information content (AvgIpc) is 2.03. The predicted octanol–water partition coefficient (Wildman–Crippen LogP) is 2.53. The highest BCUT2D eigenvalue weighted by molar-refractivity contribution is 5.06. The molecular formula is C11H18O. The number of aliphatic hydroxyl groups is 1. The molecule has 0 unspecified atom stereocenters. The molecule has 0 amide bonds. The molecule has 0 spiro atoms. The summed E-state index contributed by atoms with van der Waals surface area (Å²) in [6.45, 7) is 9.76. The highest BCUT2D eigenvalue weighted by atomic mass is 16.3. The summed E-state index contributed by atoms with van der Waals surface area (Å²) < 4.78 is 0. The smallest absolute Gasteiger partial charge is 0.0608 e. The molecule has 1 rings (SSSR count). The standard InChI is InChI=1S/C11H18O/c1-4-9-10(8(2)3)6-5-7-11(9)12/h4,9-12H,1-2,5-7H2,3H3/t9-,10-,11-/m0/s1. The van der Waals surface area contributed by atoms with Crippen molar-refractivity contribution in [1.82, 2.24) is 0 Å². The van der Waals surface area contributed by atoms with Gasteiger partial charge in [0, 0.05) is 5.92 Å². The second kappa shape index (κ2) is 3.90. The van der Waals surface area contributed by atoms with Crippen molar-refractivity contribution in [1.29, 1.82) is 0 Å². The first-order valence-corrected chi connectivity index (χ1v) is 4.63. The van der Waals surface area contributed by atoms with Crippen molar-refractivity contribution in [2.24, 2.45) is 11.8 Å². The molecular weight excluding hydrogens is 148 g/mol. The zero-order chi connectivity index (χ0) is 9.14. The van der Waals surface area contributed by atoms with Gasteiger partial charge in [0.05, 0.1) is 6.10 Å². The molecule has 1 N–H and O–H groups in total. The summed E-state index contributed by atoms with van der Waals surface area (Å²) in [6.07, 6.45) is 4.87. The molecule has 1 nitrogen and oxygen atoms in total. The van der Waals surface area contributed by atoms with Crippen LogP contribution in [0.15, 0.2) is 24.8 Å². The van der Waals surface area contributed by atoms with Crippen LogP contribution >= 0.6 is 0 Å². The van der Waals surface area contributed by atoms with Gasteiger partial charge >= 0.3 is 0 Å². The van der Waals surface area contributed by atoms with E-state index in [-0.39, 0.29) is 12.0 Å². The zero-order valence-corrected chi connectivity index (χ0v) is 7.79. The third-order valence-corrected chi connectivity index (χ3v) is 2.83. The van der Waals surface area contributed by atoms with Crippen molar-refractivity contribution in [3.63, 3.8) is 0 Å². The highest BCUT2D eigenvalue weighted by Gasteiger charge is 2.29. The van der Waals surface area contributed by atoms with E-state index >= 15 is 0 Å². The normalized spacial score (nSPS) is 36.0. The lowest BCUT2D eigenvalue weighted by Gasteiger charge is -2.33. The number of hydrogen-bond donors (Lipinski definition) is 1. The molecule has 0 aliphatic heterocycles. The summed E-state index contributed by atoms with van der Waals surface area (Å²) in [6, 6.07) is 0. The summed E-state index contributed by atoms with van der Waals surface area (Å²) in [5.41, 5.74) is 1.18. The number of hydrogen-bond acceptors (Lipinski definition) is 1. The van der Waals surface area contributed by atoms with Crippen molar-refractivity contribution in [3.8, 4) is 0 Å². The van der Waals surface area contributed by atoms with E-state index in [4.69, 9.17) is 0 Å². The summed E-state index contributed by atoms with van der Waals surface area (Å²) in [5, 5.41) is 9.68. The number of aliphatic hydroxyl groups excluding tert-OH is 1. The first-order chi connectivity index (χ1) is 5.66. The van der Waals surface area contributed by atoms with E-state index in [1.807, 2.05) is 13.0 Å². The van der Waals surface area contributed by atoms with Crippen LogP contribution in [0.3, 0.4) is 0 Å². The van der Waals surface area contributed by atoms with Crippen LogP contribution in [0.4, 0.5) is 0 Å². The Kier molecular flexibility index (Phi) is 3.10. The molecule has 0 bridgehead atoms. The van der Waals surface area contributed by atoms with Crippen LogP contribution in [0, 0.1) is 11.8 Å². The van der Waals surface area contributed by atoms with Crippen LogP contribution in [-0.2, 0) is 0 Å². The monoisotopic (exact) mass is 166 g/mol. The lowest BCUT2D eigenvalue weighted by molar-refractivity contribution is 0.0687. The van der Waals surface area contributed by atoms with E-state index in [9.17, 15) is 5.11 Å². The van der Waals surface area contributed by atoms with E-state index in [0.29, 0.717) is 5.92 Å². The summed E-state index contributed by atoms with van der Waals surface area (Å²) in [4.78, 5) is 0. The molecule has 1 heteroatoms. The largest absolute Gasteiger partial charge is 0.392 e. The fourth-order valence-corrected chi connectivity index (χ4v) is 2.10. The molecule has 3 atom stereocenters. The Labute approximate surface area is 74.8 Å². The zero-order valence-electron chi connectivity index (χ0n) is 7.79. The van der Waals surface area contributed by atoms with Crippen LogP contribution < -0.4 is 0 Å². The van der Waals surface area contributed by atoms with Gasteiger partial charge in [-0.1, -0.05) is 24.6 Å². The Morgan fingerprint density at radius 1 is 1.50 bits per heavy atom. The summed E-state index contributed by atoms with van der Waals surface area (Å²) >= 11 is 0. The molecule has 68 valence electrons. The summed E-state index contributed by atoms with van der Waals surface area (Å²) in [5.74, 6) is 0.683. The van der Waals surface area contributed by atoms with Crippen LogP contribution in [0.2, 0.25) is 0 Å². The minimum atomic E-state index is -0.196. The molecule has 1 fully saturated rings. The Morgan fingerprint density at radius 2 is 2.17 bits per heavy atom. The number of rotatable bonds is 2. The second-order valence-corrected chi connectivity index (χ2v) is 3.76. The van der Waals surface area contributed by atoms with Crippen molar-refractivity contribution < 1.29 is 5.11 Å². The van der Waals surface area contributed by atoms with Crippen LogP contribution in [-0.4, -0.2) is 11.2 Å². The molecule has 1 aliphatic rings. The predicted molar refractivity (Wildman–Crippen MR) is 51.8 cm³/mol. The van der Waals surface area contributed by atoms with Gasteiger partial charge in [0.15, 0.2) is 0 Å². The maximum atomic E-state index is 9.68. The Bertz CT molecular complexity index is 183. The van der Waals surface area contributed by atoms with E-state index in [2.05, 4.69) is 13.2 Å². The van der Waals surface area contributed by atoms with Gasteiger partial charge in [-0.2, -0.15) is 0 Å². The van der Waals surface area contributed by atoms with Gasteiger partial charge in [0.2, 0.25) is 0 Å². The SMILES string of the molecule is C=C[C@@H]1[C@@H](O)CCC[C@H]1C(=C)C. The molecule has 0 heterocycles. The van der Waals surface area contributed by atoms with Gasteiger partial charge in [0.1, 0.15) is 0 Å². The summed E-state index contributed by atoms with van der Waals surface area (Å²) in [7, 11) is 0. The fraction of sp³-hybridized carbons (Fsp3) is 0.636. The lowest BCUT2D eigenvalue weighted by Crippen LogP contribution is -2.31. The molecule has 0 saturated heterocycles. The Balaban J connectivity index is 2.70. The quantitative estimate of drug-likeness (QED) is 0.625. The maximum absolute atomic E-state index is 9.68. The molecule has 0 aromatic carbocycles. The van der Waals surface area contributed by atoms with Crippen molar-refractivity contribution in [2.75, 3.05) is 0 Å². The molecule has 0 aromatic rings. The van der Waals surface area contributed by atoms with Gasteiger partial charge in [-0.3, -0.25) is 0 Å². The van der Waals surface area contributed by atoms with Gasteiger partial charge in [-0.15, -0.1) is 6.58 Å². The van der Waals surface area contributed by atoms with Crippen LogP contribution in [0.5, 0.6) is 0 Å². The van der Waals surface area contributed by atoms with Gasteiger partial charge in [0.25, 0.3) is 0 Å².